The summed E-state index contributed by atoms with van der Waals surface area (Å²) < 4.78 is 5.38. The molecule has 0 amide bonds. The van der Waals surface area contributed by atoms with Crippen molar-refractivity contribution in [3.8, 4) is 5.75 Å². The first-order valence-electron chi connectivity index (χ1n) is 9.11. The van der Waals surface area contributed by atoms with Crippen molar-refractivity contribution in [2.24, 2.45) is 5.92 Å². The fourth-order valence-electron chi connectivity index (χ4n) is 3.87. The lowest BCUT2D eigenvalue weighted by Crippen LogP contribution is -2.20. The molecule has 2 aromatic rings. The van der Waals surface area contributed by atoms with Gasteiger partial charge in [0.2, 0.25) is 0 Å². The number of anilines is 1. The molecule has 1 saturated carbocycles. The van der Waals surface area contributed by atoms with Crippen molar-refractivity contribution >= 4 is 5.69 Å². The van der Waals surface area contributed by atoms with E-state index in [-0.39, 0.29) is 0 Å². The van der Waals surface area contributed by atoms with Crippen LogP contribution in [0.1, 0.15) is 48.3 Å². The van der Waals surface area contributed by atoms with E-state index in [1.54, 1.807) is 7.11 Å². The monoisotopic (exact) mass is 323 g/mol. The van der Waals surface area contributed by atoms with Gasteiger partial charge >= 0.3 is 0 Å². The van der Waals surface area contributed by atoms with Gasteiger partial charge in [0.15, 0.2) is 0 Å². The van der Waals surface area contributed by atoms with Gasteiger partial charge in [-0.15, -0.1) is 0 Å². The number of hydrogen-bond acceptors (Lipinski definition) is 2. The van der Waals surface area contributed by atoms with E-state index in [1.165, 1.54) is 48.1 Å². The van der Waals surface area contributed by atoms with Crippen molar-refractivity contribution < 1.29 is 4.74 Å². The lowest BCUT2D eigenvalue weighted by atomic mass is 9.78. The van der Waals surface area contributed by atoms with Crippen LogP contribution in [0.2, 0.25) is 0 Å². The molecule has 0 heterocycles. The maximum atomic E-state index is 5.38. The summed E-state index contributed by atoms with van der Waals surface area (Å²) in [4.78, 5) is 0. The summed E-state index contributed by atoms with van der Waals surface area (Å²) in [6.45, 7) is 5.38. The molecule has 0 saturated heterocycles. The minimum atomic E-state index is 0.713. The fourth-order valence-corrected chi connectivity index (χ4v) is 3.87. The average Bonchev–Trinajstić information content (AvgIpc) is 2.60. The van der Waals surface area contributed by atoms with Crippen LogP contribution in [0.4, 0.5) is 5.69 Å². The molecule has 0 radical (unpaired) electrons. The summed E-state index contributed by atoms with van der Waals surface area (Å²) in [6, 6.07) is 15.4. The van der Waals surface area contributed by atoms with Crippen LogP contribution in [0.25, 0.3) is 0 Å². The molecule has 128 valence electrons. The van der Waals surface area contributed by atoms with Crippen molar-refractivity contribution in [3.63, 3.8) is 0 Å². The van der Waals surface area contributed by atoms with Crippen molar-refractivity contribution in [1.29, 1.82) is 0 Å². The molecule has 24 heavy (non-hydrogen) atoms. The maximum absolute atomic E-state index is 5.38. The first-order chi connectivity index (χ1) is 11.7. The Morgan fingerprint density at radius 3 is 2.46 bits per heavy atom. The highest BCUT2D eigenvalue weighted by Crippen LogP contribution is 2.37. The van der Waals surface area contributed by atoms with Gasteiger partial charge in [0.05, 0.1) is 7.11 Å². The second kappa shape index (κ2) is 7.74. The fraction of sp³-hybridized carbons (Fsp3) is 0.455. The zero-order chi connectivity index (χ0) is 16.9. The van der Waals surface area contributed by atoms with Crippen LogP contribution in [0.15, 0.2) is 42.5 Å². The molecule has 3 rings (SSSR count). The van der Waals surface area contributed by atoms with Crippen LogP contribution in [-0.4, -0.2) is 13.7 Å². The number of ether oxygens (including phenoxy) is 1. The standard InChI is InChI=1S/C22H29NO/c1-16-5-4-6-21(13-16)23-15-18-7-9-19(10-8-18)20-11-12-22(24-3)17(2)14-20/h4-6,11-14,18-19,23H,7-10,15H2,1-3H3. The topological polar surface area (TPSA) is 21.3 Å². The number of hydrogen-bond donors (Lipinski definition) is 1. The van der Waals surface area contributed by atoms with Crippen LogP contribution in [0.5, 0.6) is 5.75 Å². The summed E-state index contributed by atoms with van der Waals surface area (Å²) >= 11 is 0. The SMILES string of the molecule is COc1ccc(C2CCC(CNc3cccc(C)c3)CC2)cc1C. The Labute approximate surface area is 146 Å². The van der Waals surface area contributed by atoms with Crippen molar-refractivity contribution in [1.82, 2.24) is 0 Å². The number of methoxy groups -OCH3 is 1. The molecule has 1 aliphatic rings. The lowest BCUT2D eigenvalue weighted by Gasteiger charge is -2.29. The quantitative estimate of drug-likeness (QED) is 0.762. The largest absolute Gasteiger partial charge is 0.496 e. The molecule has 0 aliphatic heterocycles. The first kappa shape index (κ1) is 16.9. The molecule has 0 atom stereocenters. The molecular weight excluding hydrogens is 294 g/mol. The highest BCUT2D eigenvalue weighted by Gasteiger charge is 2.22. The Morgan fingerprint density at radius 1 is 1.00 bits per heavy atom. The Bertz CT molecular complexity index is 671. The van der Waals surface area contributed by atoms with Gasteiger partial charge in [0, 0.05) is 12.2 Å². The highest BCUT2D eigenvalue weighted by atomic mass is 16.5. The predicted molar refractivity (Wildman–Crippen MR) is 102 cm³/mol. The van der Waals surface area contributed by atoms with Crippen LogP contribution in [-0.2, 0) is 0 Å². The molecule has 0 spiro atoms. The second-order valence-corrected chi connectivity index (χ2v) is 7.20. The van der Waals surface area contributed by atoms with E-state index in [2.05, 4.69) is 61.6 Å². The third-order valence-electron chi connectivity index (χ3n) is 5.35. The molecule has 0 unspecified atom stereocenters. The molecule has 2 aromatic carbocycles. The minimum Gasteiger partial charge on any atom is -0.496 e. The molecule has 2 nitrogen and oxygen atoms in total. The molecule has 1 N–H and O–H groups in total. The van der Waals surface area contributed by atoms with Gasteiger partial charge in [0.1, 0.15) is 5.75 Å². The average molecular weight is 323 g/mol. The van der Waals surface area contributed by atoms with E-state index in [4.69, 9.17) is 4.74 Å². The molecular formula is C22H29NO. The number of aryl methyl sites for hydroxylation is 2. The second-order valence-electron chi connectivity index (χ2n) is 7.20. The summed E-state index contributed by atoms with van der Waals surface area (Å²) in [6.07, 6.45) is 5.22. The summed E-state index contributed by atoms with van der Waals surface area (Å²) in [5.41, 5.74) is 5.30. The first-order valence-corrected chi connectivity index (χ1v) is 9.11. The summed E-state index contributed by atoms with van der Waals surface area (Å²) in [5, 5.41) is 3.62. The van der Waals surface area contributed by atoms with Crippen molar-refractivity contribution in [3.05, 3.63) is 59.2 Å². The van der Waals surface area contributed by atoms with Gasteiger partial charge in [-0.3, -0.25) is 0 Å². The smallest absolute Gasteiger partial charge is 0.121 e. The highest BCUT2D eigenvalue weighted by molar-refractivity contribution is 5.45. The zero-order valence-corrected chi connectivity index (χ0v) is 15.1. The van der Waals surface area contributed by atoms with E-state index in [9.17, 15) is 0 Å². The normalized spacial score (nSPS) is 20.6. The van der Waals surface area contributed by atoms with E-state index in [1.807, 2.05) is 0 Å². The number of rotatable bonds is 5. The third-order valence-corrected chi connectivity index (χ3v) is 5.35. The van der Waals surface area contributed by atoms with Crippen LogP contribution in [0, 0.1) is 19.8 Å². The summed E-state index contributed by atoms with van der Waals surface area (Å²) in [5.74, 6) is 2.50. The maximum Gasteiger partial charge on any atom is 0.121 e. The predicted octanol–water partition coefficient (Wildman–Crippen LogP) is 5.70. The number of benzene rings is 2. The summed E-state index contributed by atoms with van der Waals surface area (Å²) in [7, 11) is 1.74. The molecule has 1 fully saturated rings. The third kappa shape index (κ3) is 4.11. The van der Waals surface area contributed by atoms with Crippen LogP contribution < -0.4 is 10.1 Å². The van der Waals surface area contributed by atoms with Gasteiger partial charge in [-0.25, -0.2) is 0 Å². The van der Waals surface area contributed by atoms with Gasteiger partial charge in [-0.2, -0.15) is 0 Å². The van der Waals surface area contributed by atoms with Crippen molar-refractivity contribution in [2.45, 2.75) is 45.4 Å². The number of nitrogens with one attached hydrogen (secondary N) is 1. The van der Waals surface area contributed by atoms with E-state index in [0.717, 1.165) is 18.2 Å². The Morgan fingerprint density at radius 2 is 1.79 bits per heavy atom. The van der Waals surface area contributed by atoms with Crippen molar-refractivity contribution in [2.75, 3.05) is 19.0 Å². The van der Waals surface area contributed by atoms with Gasteiger partial charge in [0.25, 0.3) is 0 Å². The van der Waals surface area contributed by atoms with E-state index >= 15 is 0 Å². The van der Waals surface area contributed by atoms with Crippen LogP contribution >= 0.6 is 0 Å². The van der Waals surface area contributed by atoms with E-state index < -0.39 is 0 Å². The zero-order valence-electron chi connectivity index (χ0n) is 15.1. The van der Waals surface area contributed by atoms with Gasteiger partial charge in [-0.1, -0.05) is 24.3 Å². The molecule has 0 bridgehead atoms. The Kier molecular flexibility index (Phi) is 5.44. The Hall–Kier alpha value is -1.96. The van der Waals surface area contributed by atoms with Crippen LogP contribution in [0.3, 0.4) is 0 Å². The molecule has 0 aromatic heterocycles. The van der Waals surface area contributed by atoms with Gasteiger partial charge < -0.3 is 10.1 Å². The van der Waals surface area contributed by atoms with E-state index in [0.29, 0.717) is 5.92 Å². The molecule has 2 heteroatoms. The van der Waals surface area contributed by atoms with Gasteiger partial charge in [-0.05, 0) is 86.3 Å². The Balaban J connectivity index is 1.51. The minimum absolute atomic E-state index is 0.713. The molecule has 1 aliphatic carbocycles. The lowest BCUT2D eigenvalue weighted by molar-refractivity contribution is 0.338.